The molecular formula is C29H47. The van der Waals surface area contributed by atoms with E-state index in [0.29, 0.717) is 0 Å². The molecule has 0 fully saturated rings. The summed E-state index contributed by atoms with van der Waals surface area (Å²) in [7, 11) is 0. The number of unbranched alkanes of at least 4 members (excludes halogenated alkanes) is 5. The molecule has 0 bridgehead atoms. The second kappa shape index (κ2) is 13.3. The van der Waals surface area contributed by atoms with Gasteiger partial charge in [0.2, 0.25) is 0 Å². The predicted octanol–water partition coefficient (Wildman–Crippen LogP) is 9.63. The van der Waals surface area contributed by atoms with Gasteiger partial charge in [-0.1, -0.05) is 90.8 Å². The lowest BCUT2D eigenvalue weighted by Gasteiger charge is -2.19. The molecule has 163 valence electrons. The van der Waals surface area contributed by atoms with E-state index < -0.39 is 0 Å². The molecule has 1 radical (unpaired) electrons. The van der Waals surface area contributed by atoms with Crippen molar-refractivity contribution in [1.82, 2.24) is 0 Å². The fourth-order valence-corrected chi connectivity index (χ4v) is 4.95. The molecule has 2 rings (SSSR count). The van der Waals surface area contributed by atoms with Crippen LogP contribution in [0.5, 0.6) is 0 Å². The van der Waals surface area contributed by atoms with Crippen LogP contribution in [0.25, 0.3) is 5.57 Å². The van der Waals surface area contributed by atoms with Gasteiger partial charge in [-0.2, -0.15) is 0 Å². The molecule has 0 aromatic heterocycles. The molecule has 0 heteroatoms. The Bertz CT molecular complexity index is 634. The molecule has 0 unspecified atom stereocenters. The van der Waals surface area contributed by atoms with Gasteiger partial charge in [-0.05, 0) is 85.6 Å². The largest absolute Gasteiger partial charge is 0.0654 e. The van der Waals surface area contributed by atoms with Crippen molar-refractivity contribution < 1.29 is 0 Å². The van der Waals surface area contributed by atoms with Crippen molar-refractivity contribution in [3.8, 4) is 0 Å². The summed E-state index contributed by atoms with van der Waals surface area (Å²) < 4.78 is 0. The van der Waals surface area contributed by atoms with Gasteiger partial charge in [0.05, 0.1) is 0 Å². The highest BCUT2D eigenvalue weighted by molar-refractivity contribution is 5.85. The number of aryl methyl sites for hydroxylation is 1. The van der Waals surface area contributed by atoms with Crippen molar-refractivity contribution in [2.75, 3.05) is 0 Å². The molecule has 1 aliphatic rings. The highest BCUT2D eigenvalue weighted by Crippen LogP contribution is 2.49. The Kier molecular flexibility index (Phi) is 11.1. The fourth-order valence-electron chi connectivity index (χ4n) is 4.95. The van der Waals surface area contributed by atoms with Gasteiger partial charge in [-0.25, -0.2) is 0 Å². The SMILES string of the molecule is CCCC[C]1C(CCCC)=C(CCCC)c2c1ccc(CCCC)c2CCCC. The normalized spacial score (nSPS) is 14.1. The van der Waals surface area contributed by atoms with E-state index in [1.165, 1.54) is 96.3 Å². The third-order valence-corrected chi connectivity index (χ3v) is 6.69. The summed E-state index contributed by atoms with van der Waals surface area (Å²) in [4.78, 5) is 0. The van der Waals surface area contributed by atoms with Gasteiger partial charge in [0.1, 0.15) is 0 Å². The van der Waals surface area contributed by atoms with Crippen LogP contribution < -0.4 is 0 Å². The second-order valence-corrected chi connectivity index (χ2v) is 9.08. The Balaban J connectivity index is 2.58. The number of hydrogen-bond donors (Lipinski definition) is 0. The van der Waals surface area contributed by atoms with Gasteiger partial charge in [0.15, 0.2) is 0 Å². The van der Waals surface area contributed by atoms with Crippen LogP contribution in [0.1, 0.15) is 140 Å². The molecule has 0 spiro atoms. The minimum absolute atomic E-state index is 1.26. The first-order valence-corrected chi connectivity index (χ1v) is 13.0. The molecule has 29 heavy (non-hydrogen) atoms. The lowest BCUT2D eigenvalue weighted by molar-refractivity contribution is 0.718. The molecule has 1 aromatic carbocycles. The van der Waals surface area contributed by atoms with Crippen molar-refractivity contribution in [3.63, 3.8) is 0 Å². The summed E-state index contributed by atoms with van der Waals surface area (Å²) in [5.74, 6) is 1.72. The van der Waals surface area contributed by atoms with E-state index in [2.05, 4.69) is 46.8 Å². The molecule has 1 aliphatic carbocycles. The second-order valence-electron chi connectivity index (χ2n) is 9.08. The summed E-state index contributed by atoms with van der Waals surface area (Å²) in [5, 5.41) is 0. The summed E-state index contributed by atoms with van der Waals surface area (Å²) in [5.41, 5.74) is 10.2. The van der Waals surface area contributed by atoms with E-state index >= 15 is 0 Å². The average Bonchev–Trinajstić information content (AvgIpc) is 3.04. The molecule has 0 amide bonds. The topological polar surface area (TPSA) is 0 Å². The Labute approximate surface area is 182 Å². The summed E-state index contributed by atoms with van der Waals surface area (Å²) in [6, 6.07) is 5.03. The van der Waals surface area contributed by atoms with Crippen LogP contribution in [0.3, 0.4) is 0 Å². The lowest BCUT2D eigenvalue weighted by Crippen LogP contribution is -2.04. The summed E-state index contributed by atoms with van der Waals surface area (Å²) in [6.45, 7) is 11.7. The number of hydrogen-bond acceptors (Lipinski definition) is 0. The first-order valence-electron chi connectivity index (χ1n) is 13.0. The molecule has 0 saturated carbocycles. The van der Waals surface area contributed by atoms with E-state index in [4.69, 9.17) is 0 Å². The van der Waals surface area contributed by atoms with E-state index in [-0.39, 0.29) is 0 Å². The standard InChI is InChI=1S/C29H47/c1-6-11-16-23-21-22-28-26(19-14-9-4)25(18-13-8-3)27(20-15-10-5)29(28)24(23)17-12-7-2/h21-22H,6-20H2,1-5H3. The van der Waals surface area contributed by atoms with Gasteiger partial charge in [0.25, 0.3) is 0 Å². The molecule has 0 N–H and O–H groups in total. The maximum absolute atomic E-state index is 2.52. The monoisotopic (exact) mass is 395 g/mol. The van der Waals surface area contributed by atoms with Crippen LogP contribution in [0.2, 0.25) is 0 Å². The van der Waals surface area contributed by atoms with Gasteiger partial charge in [-0.3, -0.25) is 0 Å². The van der Waals surface area contributed by atoms with Crippen LogP contribution >= 0.6 is 0 Å². The third kappa shape index (κ3) is 6.22. The number of benzene rings is 1. The van der Waals surface area contributed by atoms with Crippen LogP contribution in [-0.2, 0) is 12.8 Å². The van der Waals surface area contributed by atoms with Crippen molar-refractivity contribution in [2.24, 2.45) is 0 Å². The van der Waals surface area contributed by atoms with Gasteiger partial charge in [0, 0.05) is 5.92 Å². The molecule has 0 heterocycles. The van der Waals surface area contributed by atoms with Crippen LogP contribution in [0, 0.1) is 5.92 Å². The van der Waals surface area contributed by atoms with Crippen molar-refractivity contribution in [3.05, 3.63) is 45.9 Å². The smallest absolute Gasteiger partial charge is 0.0308 e. The van der Waals surface area contributed by atoms with E-state index in [1.807, 2.05) is 0 Å². The Morgan fingerprint density at radius 2 is 1.03 bits per heavy atom. The third-order valence-electron chi connectivity index (χ3n) is 6.69. The average molecular weight is 396 g/mol. The molecule has 0 saturated heterocycles. The van der Waals surface area contributed by atoms with Crippen LogP contribution in [0.4, 0.5) is 0 Å². The fraction of sp³-hybridized carbons (Fsp3) is 0.690. The minimum Gasteiger partial charge on any atom is -0.0654 e. The van der Waals surface area contributed by atoms with Crippen LogP contribution in [0.15, 0.2) is 17.7 Å². The van der Waals surface area contributed by atoms with Crippen molar-refractivity contribution >= 4 is 5.57 Å². The Morgan fingerprint density at radius 1 is 0.517 bits per heavy atom. The summed E-state index contributed by atoms with van der Waals surface area (Å²) >= 11 is 0. The first kappa shape index (κ1) is 24.2. The van der Waals surface area contributed by atoms with Gasteiger partial charge < -0.3 is 0 Å². The van der Waals surface area contributed by atoms with Crippen molar-refractivity contribution in [2.45, 2.75) is 131 Å². The zero-order valence-corrected chi connectivity index (χ0v) is 20.3. The lowest BCUT2D eigenvalue weighted by atomic mass is 9.85. The highest BCUT2D eigenvalue weighted by atomic mass is 14.4. The molecule has 0 aliphatic heterocycles. The minimum atomic E-state index is 1.26. The van der Waals surface area contributed by atoms with Gasteiger partial charge >= 0.3 is 0 Å². The summed E-state index contributed by atoms with van der Waals surface area (Å²) in [6.07, 6.45) is 19.5. The Morgan fingerprint density at radius 3 is 1.66 bits per heavy atom. The van der Waals surface area contributed by atoms with E-state index in [0.717, 1.165) is 0 Å². The van der Waals surface area contributed by atoms with Gasteiger partial charge in [-0.15, -0.1) is 0 Å². The van der Waals surface area contributed by atoms with Crippen LogP contribution in [-0.4, -0.2) is 0 Å². The molecule has 0 atom stereocenters. The molecule has 1 aromatic rings. The molecular weight excluding hydrogens is 348 g/mol. The number of fused-ring (bicyclic) bond motifs is 1. The quantitative estimate of drug-likeness (QED) is 0.277. The van der Waals surface area contributed by atoms with Crippen molar-refractivity contribution in [1.29, 1.82) is 0 Å². The number of rotatable bonds is 15. The van der Waals surface area contributed by atoms with E-state index in [9.17, 15) is 0 Å². The van der Waals surface area contributed by atoms with E-state index in [1.54, 1.807) is 39.3 Å². The zero-order chi connectivity index (χ0) is 21.1. The zero-order valence-electron chi connectivity index (χ0n) is 20.3. The maximum Gasteiger partial charge on any atom is 0.0308 e. The number of allylic oxidation sites excluding steroid dienone is 2. The Hall–Kier alpha value is -1.04. The highest BCUT2D eigenvalue weighted by Gasteiger charge is 2.32. The predicted molar refractivity (Wildman–Crippen MR) is 132 cm³/mol. The first-order chi connectivity index (χ1) is 14.2. The molecule has 0 nitrogen and oxygen atoms in total. The maximum atomic E-state index is 2.52.